The van der Waals surface area contributed by atoms with E-state index in [2.05, 4.69) is 11.4 Å². The summed E-state index contributed by atoms with van der Waals surface area (Å²) < 4.78 is 5.17. The number of piperidine rings is 1. The number of nitrogens with zero attached hydrogens (tertiary/aromatic N) is 2. The van der Waals surface area contributed by atoms with Gasteiger partial charge in [-0.25, -0.2) is 0 Å². The van der Waals surface area contributed by atoms with Crippen LogP contribution in [-0.2, 0) is 19.1 Å². The van der Waals surface area contributed by atoms with E-state index in [1.807, 2.05) is 30.3 Å². The van der Waals surface area contributed by atoms with Crippen molar-refractivity contribution >= 4 is 23.9 Å². The van der Waals surface area contributed by atoms with Crippen LogP contribution in [0.5, 0.6) is 0 Å². The van der Waals surface area contributed by atoms with E-state index in [0.29, 0.717) is 38.8 Å². The number of likely N-dealkylation sites (tertiary alicyclic amines) is 1. The van der Waals surface area contributed by atoms with Crippen LogP contribution in [0, 0.1) is 17.2 Å². The number of rotatable bonds is 6. The van der Waals surface area contributed by atoms with Crippen molar-refractivity contribution < 1.29 is 19.1 Å². The van der Waals surface area contributed by atoms with Crippen LogP contribution in [0.3, 0.4) is 0 Å². The molecule has 0 radical (unpaired) electrons. The molecule has 2 fully saturated rings. The number of benzene rings is 1. The molecule has 158 valence electrons. The summed E-state index contributed by atoms with van der Waals surface area (Å²) in [6.45, 7) is 0.574. The molecule has 0 aromatic heterocycles. The molecule has 2 amide bonds. The Bertz CT molecular complexity index is 830. The van der Waals surface area contributed by atoms with E-state index < -0.39 is 17.4 Å². The average molecular weight is 409 g/mol. The van der Waals surface area contributed by atoms with Crippen LogP contribution in [0.4, 0.5) is 0 Å². The maximum atomic E-state index is 12.3. The van der Waals surface area contributed by atoms with Gasteiger partial charge in [-0.3, -0.25) is 14.4 Å². The van der Waals surface area contributed by atoms with Gasteiger partial charge in [-0.1, -0.05) is 30.3 Å². The quantitative estimate of drug-likeness (QED) is 0.575. The van der Waals surface area contributed by atoms with Crippen molar-refractivity contribution in [3.8, 4) is 6.07 Å². The van der Waals surface area contributed by atoms with E-state index in [9.17, 15) is 19.6 Å². The van der Waals surface area contributed by atoms with E-state index in [4.69, 9.17) is 4.74 Å². The first-order valence-electron chi connectivity index (χ1n) is 10.4. The standard InChI is InChI=1S/C23H27N3O4/c24-17-23(12-4-5-13-23)25-20(27)16-30-22(29)19-10-14-26(15-11-19)21(28)9-8-18-6-2-1-3-7-18/h1-3,6-9,19H,4-5,10-16H2,(H,25,27)/b9-8+. The van der Waals surface area contributed by atoms with Crippen LogP contribution >= 0.6 is 0 Å². The first-order valence-corrected chi connectivity index (χ1v) is 10.4. The number of carbonyl (C=O) groups excluding carboxylic acids is 3. The van der Waals surface area contributed by atoms with Crippen LogP contribution in [0.1, 0.15) is 44.1 Å². The zero-order valence-electron chi connectivity index (χ0n) is 17.0. The van der Waals surface area contributed by atoms with Crippen molar-refractivity contribution in [3.05, 3.63) is 42.0 Å². The summed E-state index contributed by atoms with van der Waals surface area (Å²) in [5.41, 5.74) is 0.140. The largest absolute Gasteiger partial charge is 0.455 e. The van der Waals surface area contributed by atoms with E-state index in [0.717, 1.165) is 18.4 Å². The Morgan fingerprint density at radius 3 is 2.47 bits per heavy atom. The lowest BCUT2D eigenvalue weighted by Gasteiger charge is -2.30. The van der Waals surface area contributed by atoms with E-state index in [1.54, 1.807) is 17.1 Å². The summed E-state index contributed by atoms with van der Waals surface area (Å²) in [5, 5.41) is 12.0. The lowest BCUT2D eigenvalue weighted by Crippen LogP contribution is -2.47. The fraction of sp³-hybridized carbons (Fsp3) is 0.478. The molecule has 1 aliphatic heterocycles. The van der Waals surface area contributed by atoms with Gasteiger partial charge in [0.15, 0.2) is 6.61 Å². The zero-order chi connectivity index (χ0) is 21.4. The van der Waals surface area contributed by atoms with Gasteiger partial charge >= 0.3 is 5.97 Å². The number of hydrogen-bond donors (Lipinski definition) is 1. The molecule has 0 spiro atoms. The summed E-state index contributed by atoms with van der Waals surface area (Å²) in [5.74, 6) is -1.26. The third kappa shape index (κ3) is 5.69. The highest BCUT2D eigenvalue weighted by Gasteiger charge is 2.36. The molecule has 7 nitrogen and oxygen atoms in total. The third-order valence-electron chi connectivity index (χ3n) is 5.75. The molecule has 1 aliphatic carbocycles. The van der Waals surface area contributed by atoms with Gasteiger partial charge in [0, 0.05) is 19.2 Å². The van der Waals surface area contributed by atoms with Gasteiger partial charge < -0.3 is 15.0 Å². The SMILES string of the molecule is N#CC1(NC(=O)COC(=O)C2CCN(C(=O)/C=C/c3ccccc3)CC2)CCCC1. The summed E-state index contributed by atoms with van der Waals surface area (Å²) in [6.07, 6.45) is 7.42. The number of nitriles is 1. The highest BCUT2D eigenvalue weighted by molar-refractivity contribution is 5.92. The number of nitrogens with one attached hydrogen (secondary N) is 1. The van der Waals surface area contributed by atoms with Crippen molar-refractivity contribution in [3.63, 3.8) is 0 Å². The fourth-order valence-electron chi connectivity index (χ4n) is 3.97. The predicted molar refractivity (Wildman–Crippen MR) is 111 cm³/mol. The van der Waals surface area contributed by atoms with Crippen LogP contribution in [0.15, 0.2) is 36.4 Å². The second-order valence-electron chi connectivity index (χ2n) is 7.90. The Labute approximate surface area is 176 Å². The van der Waals surface area contributed by atoms with Crippen molar-refractivity contribution in [1.82, 2.24) is 10.2 Å². The van der Waals surface area contributed by atoms with Crippen molar-refractivity contribution in [1.29, 1.82) is 5.26 Å². The molecule has 1 heterocycles. The molecule has 1 saturated carbocycles. The maximum Gasteiger partial charge on any atom is 0.309 e. The monoisotopic (exact) mass is 409 g/mol. The molecule has 0 unspecified atom stereocenters. The predicted octanol–water partition coefficient (Wildman–Crippen LogP) is 2.43. The Balaban J connectivity index is 1.39. The van der Waals surface area contributed by atoms with Crippen molar-refractivity contribution in [2.24, 2.45) is 5.92 Å². The average Bonchev–Trinajstić information content (AvgIpc) is 3.25. The minimum Gasteiger partial charge on any atom is -0.455 e. The molecule has 1 saturated heterocycles. The van der Waals surface area contributed by atoms with E-state index in [-0.39, 0.29) is 18.4 Å². The number of esters is 1. The summed E-state index contributed by atoms with van der Waals surface area (Å²) in [7, 11) is 0. The lowest BCUT2D eigenvalue weighted by molar-refractivity contribution is -0.155. The molecule has 0 bridgehead atoms. The molecule has 2 aliphatic rings. The molecule has 7 heteroatoms. The zero-order valence-corrected chi connectivity index (χ0v) is 17.0. The number of hydrogen-bond acceptors (Lipinski definition) is 5. The topological polar surface area (TPSA) is 99.5 Å². The minimum atomic E-state index is -0.817. The van der Waals surface area contributed by atoms with E-state index >= 15 is 0 Å². The second kappa shape index (κ2) is 10.1. The minimum absolute atomic E-state index is 0.0802. The normalized spacial score (nSPS) is 18.7. The van der Waals surface area contributed by atoms with Gasteiger partial charge in [0.1, 0.15) is 5.54 Å². The van der Waals surface area contributed by atoms with Crippen LogP contribution < -0.4 is 5.32 Å². The molecule has 3 rings (SSSR count). The van der Waals surface area contributed by atoms with Crippen molar-refractivity contribution in [2.45, 2.75) is 44.1 Å². The van der Waals surface area contributed by atoms with Crippen LogP contribution in [0.2, 0.25) is 0 Å². The number of carbonyl (C=O) groups is 3. The maximum absolute atomic E-state index is 12.3. The summed E-state index contributed by atoms with van der Waals surface area (Å²) in [4.78, 5) is 38.4. The first-order chi connectivity index (χ1) is 14.5. The smallest absolute Gasteiger partial charge is 0.309 e. The molecule has 30 heavy (non-hydrogen) atoms. The number of ether oxygens (including phenoxy) is 1. The molecule has 1 aromatic carbocycles. The van der Waals surface area contributed by atoms with Gasteiger partial charge in [0.05, 0.1) is 12.0 Å². The highest BCUT2D eigenvalue weighted by atomic mass is 16.5. The molecule has 0 atom stereocenters. The van der Waals surface area contributed by atoms with Gasteiger partial charge in [0.25, 0.3) is 5.91 Å². The summed E-state index contributed by atoms with van der Waals surface area (Å²) in [6, 6.07) is 11.8. The Kier molecular flexibility index (Phi) is 7.23. The Morgan fingerprint density at radius 2 is 1.83 bits per heavy atom. The van der Waals surface area contributed by atoms with Gasteiger partial charge in [0.2, 0.25) is 5.91 Å². The highest BCUT2D eigenvalue weighted by Crippen LogP contribution is 2.28. The lowest BCUT2D eigenvalue weighted by atomic mass is 9.97. The molecule has 1 N–H and O–H groups in total. The third-order valence-corrected chi connectivity index (χ3v) is 5.75. The van der Waals surface area contributed by atoms with E-state index in [1.165, 1.54) is 0 Å². The first kappa shape index (κ1) is 21.6. The Hall–Kier alpha value is -3.14. The Morgan fingerprint density at radius 1 is 1.17 bits per heavy atom. The van der Waals surface area contributed by atoms with Gasteiger partial charge in [-0.05, 0) is 50.2 Å². The summed E-state index contributed by atoms with van der Waals surface area (Å²) >= 11 is 0. The van der Waals surface area contributed by atoms with Gasteiger partial charge in [-0.2, -0.15) is 5.26 Å². The molecular formula is C23H27N3O4. The number of amides is 2. The molecule has 1 aromatic rings. The van der Waals surface area contributed by atoms with Crippen LogP contribution in [-0.4, -0.2) is 47.9 Å². The second-order valence-corrected chi connectivity index (χ2v) is 7.90. The van der Waals surface area contributed by atoms with Crippen molar-refractivity contribution in [2.75, 3.05) is 19.7 Å². The fourth-order valence-corrected chi connectivity index (χ4v) is 3.97. The van der Waals surface area contributed by atoms with Crippen LogP contribution in [0.25, 0.3) is 6.08 Å². The van der Waals surface area contributed by atoms with Gasteiger partial charge in [-0.15, -0.1) is 0 Å². The molecular weight excluding hydrogens is 382 g/mol.